The predicted octanol–water partition coefficient (Wildman–Crippen LogP) is 5.31. The van der Waals surface area contributed by atoms with Crippen LogP contribution in [-0.4, -0.2) is 5.17 Å². The molecule has 2 aromatic carbocycles. The lowest BCUT2D eigenvalue weighted by Crippen LogP contribution is -1.89. The Labute approximate surface area is 115 Å². The normalized spacial score (nSPS) is 11.6. The molecule has 0 radical (unpaired) electrons. The highest BCUT2D eigenvalue weighted by Gasteiger charge is 2.01. The minimum absolute atomic E-state index is 0.406. The van der Waals surface area contributed by atoms with Crippen LogP contribution < -0.4 is 0 Å². The van der Waals surface area contributed by atoms with Gasteiger partial charge in [-0.05, 0) is 18.2 Å². The molecule has 0 aliphatic heterocycles. The molecule has 17 heavy (non-hydrogen) atoms. The maximum atomic E-state index is 6.11. The summed E-state index contributed by atoms with van der Waals surface area (Å²) in [4.78, 5) is 4.26. The van der Waals surface area contributed by atoms with E-state index in [1.807, 2.05) is 30.3 Å². The molecule has 1 nitrogen and oxygen atoms in total. The van der Waals surface area contributed by atoms with Gasteiger partial charge in [0, 0.05) is 15.6 Å². The molecule has 4 heteroatoms. The molecule has 0 unspecified atom stereocenters. The van der Waals surface area contributed by atoms with Gasteiger partial charge in [-0.25, -0.2) is 4.99 Å². The number of hydrogen-bond acceptors (Lipinski definition) is 1. The molecule has 0 N–H and O–H groups in total. The van der Waals surface area contributed by atoms with Crippen LogP contribution in [0.5, 0.6) is 0 Å². The molecular weight excluding hydrogens is 277 g/mol. The molecule has 0 saturated heterocycles. The van der Waals surface area contributed by atoms with Crippen molar-refractivity contribution in [2.24, 2.45) is 4.99 Å². The Kier molecular flexibility index (Phi) is 4.06. The summed E-state index contributed by atoms with van der Waals surface area (Å²) in [5.74, 6) is 0. The second kappa shape index (κ2) is 5.54. The predicted molar refractivity (Wildman–Crippen MR) is 75.0 cm³/mol. The third-order valence-corrected chi connectivity index (χ3v) is 2.83. The molecule has 2 aromatic rings. The van der Waals surface area contributed by atoms with Gasteiger partial charge < -0.3 is 0 Å². The fourth-order valence-corrected chi connectivity index (χ4v) is 2.10. The Morgan fingerprint density at radius 3 is 2.06 bits per heavy atom. The van der Waals surface area contributed by atoms with E-state index in [2.05, 4.69) is 4.99 Å². The minimum Gasteiger partial charge on any atom is -0.236 e. The maximum absolute atomic E-state index is 6.11. The number of benzene rings is 2. The molecule has 0 saturated carbocycles. The zero-order chi connectivity index (χ0) is 12.3. The van der Waals surface area contributed by atoms with Crippen LogP contribution in [0.3, 0.4) is 0 Å². The third kappa shape index (κ3) is 3.47. The van der Waals surface area contributed by atoms with Crippen molar-refractivity contribution in [3.8, 4) is 0 Å². The van der Waals surface area contributed by atoms with Gasteiger partial charge in [-0.1, -0.05) is 65.1 Å². The number of rotatable bonds is 2. The summed E-state index contributed by atoms with van der Waals surface area (Å²) >= 11 is 17.9. The van der Waals surface area contributed by atoms with E-state index in [-0.39, 0.29) is 0 Å². The van der Waals surface area contributed by atoms with Gasteiger partial charge in [0.25, 0.3) is 0 Å². The molecule has 86 valence electrons. The van der Waals surface area contributed by atoms with Crippen molar-refractivity contribution in [1.29, 1.82) is 0 Å². The summed E-state index contributed by atoms with van der Waals surface area (Å²) in [5.41, 5.74) is 1.49. The highest BCUT2D eigenvalue weighted by Crippen LogP contribution is 2.25. The highest BCUT2D eigenvalue weighted by molar-refractivity contribution is 6.69. The van der Waals surface area contributed by atoms with Gasteiger partial charge in [-0.15, -0.1) is 0 Å². The average molecular weight is 285 g/mol. The largest absolute Gasteiger partial charge is 0.236 e. The van der Waals surface area contributed by atoms with Gasteiger partial charge in [-0.3, -0.25) is 0 Å². The number of nitrogens with zero attached hydrogens (tertiary/aromatic N) is 1. The van der Waals surface area contributed by atoms with Crippen LogP contribution >= 0.6 is 34.8 Å². The first-order valence-corrected chi connectivity index (χ1v) is 6.04. The summed E-state index contributed by atoms with van der Waals surface area (Å²) in [7, 11) is 0. The fourth-order valence-electron chi connectivity index (χ4n) is 1.36. The molecule has 0 aliphatic rings. The van der Waals surface area contributed by atoms with E-state index in [0.717, 1.165) is 5.56 Å². The first kappa shape index (κ1) is 12.4. The van der Waals surface area contributed by atoms with Gasteiger partial charge in [0.05, 0.1) is 5.69 Å². The van der Waals surface area contributed by atoms with E-state index in [1.165, 1.54) is 0 Å². The average Bonchev–Trinajstić information content (AvgIpc) is 2.28. The van der Waals surface area contributed by atoms with Gasteiger partial charge >= 0.3 is 0 Å². The Morgan fingerprint density at radius 2 is 1.47 bits per heavy atom. The van der Waals surface area contributed by atoms with Crippen LogP contribution in [0.4, 0.5) is 5.69 Å². The summed E-state index contributed by atoms with van der Waals surface area (Å²) in [6, 6.07) is 14.6. The van der Waals surface area contributed by atoms with Crippen molar-refractivity contribution in [3.05, 3.63) is 64.1 Å². The summed E-state index contributed by atoms with van der Waals surface area (Å²) in [6.07, 6.45) is 0. The second-order valence-electron chi connectivity index (χ2n) is 3.40. The standard InChI is InChI=1S/C13H8Cl3N/c14-10-6-11(15)8-12(7-10)17-13(16)9-4-2-1-3-5-9/h1-8H/b17-13-. The highest BCUT2D eigenvalue weighted by atomic mass is 35.5. The molecule has 0 amide bonds. The van der Waals surface area contributed by atoms with Crippen molar-refractivity contribution in [1.82, 2.24) is 0 Å². The van der Waals surface area contributed by atoms with E-state index in [4.69, 9.17) is 34.8 Å². The van der Waals surface area contributed by atoms with Gasteiger partial charge in [0.1, 0.15) is 5.17 Å². The van der Waals surface area contributed by atoms with Crippen LogP contribution in [0, 0.1) is 0 Å². The molecule has 0 bridgehead atoms. The monoisotopic (exact) mass is 283 g/mol. The van der Waals surface area contributed by atoms with E-state index in [1.54, 1.807) is 18.2 Å². The smallest absolute Gasteiger partial charge is 0.136 e. The SMILES string of the molecule is Cl/C(=N\c1cc(Cl)cc(Cl)c1)c1ccccc1. The summed E-state index contributed by atoms with van der Waals surface area (Å²) in [5, 5.41) is 1.48. The maximum Gasteiger partial charge on any atom is 0.136 e. The molecule has 0 atom stereocenters. The molecule has 0 aromatic heterocycles. The van der Waals surface area contributed by atoms with Crippen LogP contribution in [0.25, 0.3) is 0 Å². The topological polar surface area (TPSA) is 12.4 Å². The Balaban J connectivity index is 2.36. The van der Waals surface area contributed by atoms with E-state index >= 15 is 0 Å². The first-order chi connectivity index (χ1) is 8.15. The Morgan fingerprint density at radius 1 is 0.882 bits per heavy atom. The Bertz CT molecular complexity index is 530. The van der Waals surface area contributed by atoms with Crippen molar-refractivity contribution in [3.63, 3.8) is 0 Å². The van der Waals surface area contributed by atoms with E-state index in [0.29, 0.717) is 20.9 Å². The summed E-state index contributed by atoms with van der Waals surface area (Å²) < 4.78 is 0. The van der Waals surface area contributed by atoms with Crippen molar-refractivity contribution in [2.45, 2.75) is 0 Å². The number of halogens is 3. The van der Waals surface area contributed by atoms with Gasteiger partial charge in [0.15, 0.2) is 0 Å². The van der Waals surface area contributed by atoms with Crippen molar-refractivity contribution in [2.75, 3.05) is 0 Å². The van der Waals surface area contributed by atoms with Crippen molar-refractivity contribution < 1.29 is 0 Å². The third-order valence-electron chi connectivity index (χ3n) is 2.09. The van der Waals surface area contributed by atoms with Crippen LogP contribution in [0.15, 0.2) is 53.5 Å². The Hall–Kier alpha value is -1.02. The molecule has 0 aliphatic carbocycles. The lowest BCUT2D eigenvalue weighted by Gasteiger charge is -2.00. The van der Waals surface area contributed by atoms with E-state index < -0.39 is 0 Å². The molecule has 0 fully saturated rings. The zero-order valence-corrected chi connectivity index (χ0v) is 11.0. The summed E-state index contributed by atoms with van der Waals surface area (Å²) in [6.45, 7) is 0. The minimum atomic E-state index is 0.406. The van der Waals surface area contributed by atoms with Crippen LogP contribution in [-0.2, 0) is 0 Å². The lowest BCUT2D eigenvalue weighted by molar-refractivity contribution is 1.52. The van der Waals surface area contributed by atoms with Gasteiger partial charge in [0.2, 0.25) is 0 Å². The van der Waals surface area contributed by atoms with E-state index in [9.17, 15) is 0 Å². The first-order valence-electron chi connectivity index (χ1n) is 4.91. The zero-order valence-electron chi connectivity index (χ0n) is 8.70. The quantitative estimate of drug-likeness (QED) is 0.663. The molecule has 0 spiro atoms. The van der Waals surface area contributed by atoms with Crippen molar-refractivity contribution >= 4 is 45.7 Å². The molecule has 0 heterocycles. The fraction of sp³-hybridized carbons (Fsp3) is 0. The van der Waals surface area contributed by atoms with Crippen LogP contribution in [0.2, 0.25) is 10.0 Å². The number of aliphatic imine (C=N–C) groups is 1. The lowest BCUT2D eigenvalue weighted by atomic mass is 10.2. The molecule has 2 rings (SSSR count). The van der Waals surface area contributed by atoms with Gasteiger partial charge in [-0.2, -0.15) is 0 Å². The molecular formula is C13H8Cl3N. The second-order valence-corrected chi connectivity index (χ2v) is 4.63. The van der Waals surface area contributed by atoms with Crippen LogP contribution in [0.1, 0.15) is 5.56 Å². The number of hydrogen-bond donors (Lipinski definition) is 0.